The summed E-state index contributed by atoms with van der Waals surface area (Å²) >= 11 is 5.74. The Bertz CT molecular complexity index is 801. The molecule has 0 saturated carbocycles. The average molecular weight is 374 g/mol. The van der Waals surface area contributed by atoms with Gasteiger partial charge >= 0.3 is 0 Å². The van der Waals surface area contributed by atoms with E-state index in [9.17, 15) is 9.18 Å². The van der Waals surface area contributed by atoms with Crippen LogP contribution in [0.1, 0.15) is 28.8 Å². The molecule has 0 N–H and O–H groups in total. The van der Waals surface area contributed by atoms with Crippen molar-refractivity contribution in [3.63, 3.8) is 0 Å². The summed E-state index contributed by atoms with van der Waals surface area (Å²) in [5, 5.41) is 0.0431. The molecule has 3 aliphatic rings. The second-order valence-corrected chi connectivity index (χ2v) is 7.65. The number of hydrogen-bond acceptors (Lipinski definition) is 3. The third kappa shape index (κ3) is 3.60. The van der Waals surface area contributed by atoms with Gasteiger partial charge in [0.2, 0.25) is 0 Å². The molecule has 1 aromatic carbocycles. The van der Waals surface area contributed by atoms with E-state index in [1.54, 1.807) is 12.3 Å². The maximum absolute atomic E-state index is 13.8. The van der Waals surface area contributed by atoms with Gasteiger partial charge in [0.15, 0.2) is 0 Å². The molecule has 0 unspecified atom stereocenters. The maximum atomic E-state index is 13.8. The Labute approximate surface area is 157 Å². The number of nitrogens with zero attached hydrogens (tertiary/aromatic N) is 3. The average Bonchev–Trinajstić information content (AvgIpc) is 2.95. The van der Waals surface area contributed by atoms with E-state index < -0.39 is 5.82 Å². The quantitative estimate of drug-likeness (QED) is 0.824. The molecule has 0 aliphatic carbocycles. The van der Waals surface area contributed by atoms with Crippen molar-refractivity contribution in [2.24, 2.45) is 5.92 Å². The SMILES string of the molecule is O=C(c1ccc(Cl)c(F)c1)N1C[C@H]2CC[C@@H]1CN(Cc1cccnc1)C2. The van der Waals surface area contributed by atoms with Crippen LogP contribution in [0.2, 0.25) is 5.02 Å². The van der Waals surface area contributed by atoms with Gasteiger partial charge < -0.3 is 4.90 Å². The molecule has 1 amide bonds. The van der Waals surface area contributed by atoms with Crippen molar-refractivity contribution in [2.75, 3.05) is 19.6 Å². The monoisotopic (exact) mass is 373 g/mol. The van der Waals surface area contributed by atoms with Crippen LogP contribution in [0.15, 0.2) is 42.7 Å². The Balaban J connectivity index is 1.51. The van der Waals surface area contributed by atoms with Crippen molar-refractivity contribution < 1.29 is 9.18 Å². The summed E-state index contributed by atoms with van der Waals surface area (Å²) < 4.78 is 13.8. The molecule has 4 heterocycles. The van der Waals surface area contributed by atoms with Crippen molar-refractivity contribution >= 4 is 17.5 Å². The van der Waals surface area contributed by atoms with E-state index in [4.69, 9.17) is 11.6 Å². The molecule has 6 heteroatoms. The van der Waals surface area contributed by atoms with Gasteiger partial charge in [-0.3, -0.25) is 14.7 Å². The molecule has 5 rings (SSSR count). The molecule has 2 aromatic rings. The van der Waals surface area contributed by atoms with E-state index in [-0.39, 0.29) is 17.0 Å². The highest BCUT2D eigenvalue weighted by atomic mass is 35.5. The molecule has 26 heavy (non-hydrogen) atoms. The summed E-state index contributed by atoms with van der Waals surface area (Å²) in [6, 6.07) is 8.51. The van der Waals surface area contributed by atoms with Crippen molar-refractivity contribution in [2.45, 2.75) is 25.4 Å². The number of carbonyl (C=O) groups is 1. The Morgan fingerprint density at radius 2 is 2.12 bits per heavy atom. The number of hydrogen-bond donors (Lipinski definition) is 0. The minimum absolute atomic E-state index is 0.0431. The minimum Gasteiger partial charge on any atom is -0.334 e. The number of fused-ring (bicyclic) bond motifs is 4. The molecule has 4 nitrogen and oxygen atoms in total. The third-order valence-electron chi connectivity index (χ3n) is 5.35. The number of piperidine rings is 1. The largest absolute Gasteiger partial charge is 0.334 e. The molecule has 0 spiro atoms. The summed E-state index contributed by atoms with van der Waals surface area (Å²) in [7, 11) is 0. The Kier molecular flexibility index (Phi) is 4.92. The standard InChI is InChI=1S/C20H21ClFN3O/c21-18-6-4-16(8-19(18)22)20(26)25-12-15-3-5-17(25)13-24(11-15)10-14-2-1-7-23-9-14/h1-2,4,6-9,15,17H,3,5,10-13H2/t15-,17+/m0/s1. The van der Waals surface area contributed by atoms with Gasteiger partial charge in [0.05, 0.1) is 5.02 Å². The van der Waals surface area contributed by atoms with Crippen molar-refractivity contribution in [1.29, 1.82) is 0 Å². The molecule has 136 valence electrons. The molecule has 2 bridgehead atoms. The number of carbonyl (C=O) groups excluding carboxylic acids is 1. The Hall–Kier alpha value is -1.98. The number of rotatable bonds is 3. The Morgan fingerprint density at radius 3 is 2.88 bits per heavy atom. The molecule has 2 atom stereocenters. The highest BCUT2D eigenvalue weighted by molar-refractivity contribution is 6.30. The van der Waals surface area contributed by atoms with E-state index in [1.807, 2.05) is 17.2 Å². The van der Waals surface area contributed by atoms with Crippen LogP contribution in [0.4, 0.5) is 4.39 Å². The second kappa shape index (κ2) is 7.33. The van der Waals surface area contributed by atoms with Crippen molar-refractivity contribution in [1.82, 2.24) is 14.8 Å². The van der Waals surface area contributed by atoms with Crippen LogP contribution in [-0.2, 0) is 6.54 Å². The fourth-order valence-corrected chi connectivity index (χ4v) is 4.22. The zero-order valence-corrected chi connectivity index (χ0v) is 15.2. The highest BCUT2D eigenvalue weighted by Crippen LogP contribution is 2.30. The lowest BCUT2D eigenvalue weighted by molar-refractivity contribution is 0.0584. The molecule has 3 fully saturated rings. The van der Waals surface area contributed by atoms with E-state index in [2.05, 4.69) is 16.0 Å². The van der Waals surface area contributed by atoms with E-state index >= 15 is 0 Å². The normalized spacial score (nSPS) is 23.1. The molecule has 1 aromatic heterocycles. The van der Waals surface area contributed by atoms with Crippen molar-refractivity contribution in [3.8, 4) is 0 Å². The van der Waals surface area contributed by atoms with Crippen LogP contribution in [-0.4, -0.2) is 46.4 Å². The molecule has 0 radical (unpaired) electrons. The first-order chi connectivity index (χ1) is 12.6. The smallest absolute Gasteiger partial charge is 0.254 e. The van der Waals surface area contributed by atoms with Gasteiger partial charge in [-0.1, -0.05) is 17.7 Å². The first kappa shape index (κ1) is 17.4. The van der Waals surface area contributed by atoms with Gasteiger partial charge in [0, 0.05) is 50.2 Å². The Morgan fingerprint density at radius 1 is 1.23 bits per heavy atom. The summed E-state index contributed by atoms with van der Waals surface area (Å²) in [5.74, 6) is -0.194. The zero-order valence-electron chi connectivity index (χ0n) is 14.4. The van der Waals surface area contributed by atoms with Gasteiger partial charge in [0.1, 0.15) is 5.82 Å². The second-order valence-electron chi connectivity index (χ2n) is 7.24. The minimum atomic E-state index is -0.546. The van der Waals surface area contributed by atoms with Gasteiger partial charge in [-0.25, -0.2) is 4.39 Å². The topological polar surface area (TPSA) is 36.4 Å². The first-order valence-corrected chi connectivity index (χ1v) is 9.35. The van der Waals surface area contributed by atoms with Crippen LogP contribution < -0.4 is 0 Å². The lowest BCUT2D eigenvalue weighted by Gasteiger charge is -2.36. The van der Waals surface area contributed by atoms with Crippen LogP contribution in [0.3, 0.4) is 0 Å². The van der Waals surface area contributed by atoms with Gasteiger partial charge in [-0.15, -0.1) is 0 Å². The van der Waals surface area contributed by atoms with E-state index in [0.717, 1.165) is 39.0 Å². The molecule has 3 aliphatic heterocycles. The maximum Gasteiger partial charge on any atom is 0.254 e. The number of benzene rings is 1. The molecular formula is C20H21ClFN3O. The fourth-order valence-electron chi connectivity index (χ4n) is 4.10. The van der Waals surface area contributed by atoms with Gasteiger partial charge in [-0.05, 0) is 48.6 Å². The van der Waals surface area contributed by atoms with Crippen LogP contribution in [0.5, 0.6) is 0 Å². The summed E-state index contributed by atoms with van der Waals surface area (Å²) in [6.07, 6.45) is 5.80. The van der Waals surface area contributed by atoms with Crippen LogP contribution >= 0.6 is 11.6 Å². The molecular weight excluding hydrogens is 353 g/mol. The lowest BCUT2D eigenvalue weighted by atomic mass is 9.94. The van der Waals surface area contributed by atoms with E-state index in [1.165, 1.54) is 17.7 Å². The zero-order chi connectivity index (χ0) is 18.1. The number of pyridine rings is 1. The fraction of sp³-hybridized carbons (Fsp3) is 0.400. The highest BCUT2D eigenvalue weighted by Gasteiger charge is 2.37. The number of halogens is 2. The summed E-state index contributed by atoms with van der Waals surface area (Å²) in [4.78, 5) is 21.5. The van der Waals surface area contributed by atoms with Crippen molar-refractivity contribution in [3.05, 3.63) is 64.7 Å². The van der Waals surface area contributed by atoms with Gasteiger partial charge in [0.25, 0.3) is 5.91 Å². The van der Waals surface area contributed by atoms with Crippen LogP contribution in [0, 0.1) is 11.7 Å². The first-order valence-electron chi connectivity index (χ1n) is 8.97. The number of aromatic nitrogens is 1. The number of amides is 1. The lowest BCUT2D eigenvalue weighted by Crippen LogP contribution is -2.47. The van der Waals surface area contributed by atoms with E-state index in [0.29, 0.717) is 11.5 Å². The predicted molar refractivity (Wildman–Crippen MR) is 98.5 cm³/mol. The van der Waals surface area contributed by atoms with Crippen LogP contribution in [0.25, 0.3) is 0 Å². The third-order valence-corrected chi connectivity index (χ3v) is 5.65. The summed E-state index contributed by atoms with van der Waals surface area (Å²) in [6.45, 7) is 3.40. The molecule has 3 saturated heterocycles. The van der Waals surface area contributed by atoms with Gasteiger partial charge in [-0.2, -0.15) is 0 Å². The summed E-state index contributed by atoms with van der Waals surface area (Å²) in [5.41, 5.74) is 1.56. The predicted octanol–water partition coefficient (Wildman–Crippen LogP) is 3.61.